The molecule has 1 atom stereocenters. The maximum Gasteiger partial charge on any atom is 0.251 e. The number of H-pyrrole nitrogens is 1. The fraction of sp³-hybridized carbons (Fsp3) is 0.471. The fourth-order valence-corrected chi connectivity index (χ4v) is 2.64. The van der Waals surface area contributed by atoms with E-state index in [1.54, 1.807) is 12.1 Å². The summed E-state index contributed by atoms with van der Waals surface area (Å²) in [4.78, 5) is 16.4. The molecule has 2 rings (SSSR count). The summed E-state index contributed by atoms with van der Waals surface area (Å²) in [7, 11) is 0. The summed E-state index contributed by atoms with van der Waals surface area (Å²) in [5.41, 5.74) is 1.41. The second kappa shape index (κ2) is 8.43. The quantitative estimate of drug-likeness (QED) is 0.696. The standard InChI is InChI=1S/C17H24N4O2/c1-12(2)8-13(6-7-22)10-18-17(23)15-5-3-4-14(9-15)16-19-11-20-21-16/h3-5,9,11-13,22H,6-8,10H2,1-2H3,(H,18,23)(H,19,20,21). The van der Waals surface area contributed by atoms with Crippen molar-refractivity contribution in [3.63, 3.8) is 0 Å². The average molecular weight is 316 g/mol. The Morgan fingerprint density at radius 1 is 1.39 bits per heavy atom. The van der Waals surface area contributed by atoms with E-state index in [1.807, 2.05) is 12.1 Å². The number of aromatic nitrogens is 3. The molecule has 0 spiro atoms. The molecule has 0 bridgehead atoms. The van der Waals surface area contributed by atoms with Crippen molar-refractivity contribution in [2.45, 2.75) is 26.7 Å². The van der Waals surface area contributed by atoms with Gasteiger partial charge in [-0.3, -0.25) is 9.89 Å². The highest BCUT2D eigenvalue weighted by Crippen LogP contribution is 2.17. The molecule has 1 aromatic heterocycles. The lowest BCUT2D eigenvalue weighted by Gasteiger charge is -2.18. The van der Waals surface area contributed by atoms with E-state index in [4.69, 9.17) is 5.11 Å². The van der Waals surface area contributed by atoms with E-state index >= 15 is 0 Å². The van der Waals surface area contributed by atoms with Crippen molar-refractivity contribution in [2.75, 3.05) is 13.2 Å². The molecule has 1 unspecified atom stereocenters. The molecule has 2 aromatic rings. The first-order valence-corrected chi connectivity index (χ1v) is 7.95. The van der Waals surface area contributed by atoms with Crippen molar-refractivity contribution >= 4 is 5.91 Å². The van der Waals surface area contributed by atoms with E-state index in [9.17, 15) is 4.79 Å². The molecule has 0 fully saturated rings. The van der Waals surface area contributed by atoms with Gasteiger partial charge in [-0.2, -0.15) is 5.10 Å². The number of rotatable bonds is 8. The third kappa shape index (κ3) is 5.17. The zero-order chi connectivity index (χ0) is 16.7. The first-order chi connectivity index (χ1) is 11.1. The molecule has 0 aliphatic carbocycles. The van der Waals surface area contributed by atoms with Gasteiger partial charge in [0, 0.05) is 24.3 Å². The fourth-order valence-electron chi connectivity index (χ4n) is 2.64. The highest BCUT2D eigenvalue weighted by Gasteiger charge is 2.13. The Balaban J connectivity index is 1.99. The van der Waals surface area contributed by atoms with Gasteiger partial charge in [-0.1, -0.05) is 26.0 Å². The molecular formula is C17H24N4O2. The normalized spacial score (nSPS) is 12.3. The van der Waals surface area contributed by atoms with Gasteiger partial charge < -0.3 is 10.4 Å². The smallest absolute Gasteiger partial charge is 0.251 e. The summed E-state index contributed by atoms with van der Waals surface area (Å²) in [5, 5.41) is 18.7. The van der Waals surface area contributed by atoms with Crippen LogP contribution in [0.3, 0.4) is 0 Å². The summed E-state index contributed by atoms with van der Waals surface area (Å²) >= 11 is 0. The van der Waals surface area contributed by atoms with Crippen LogP contribution in [0.25, 0.3) is 11.4 Å². The minimum Gasteiger partial charge on any atom is -0.396 e. The first kappa shape index (κ1) is 17.1. The Bertz CT molecular complexity index is 611. The number of hydrogen-bond acceptors (Lipinski definition) is 4. The molecule has 124 valence electrons. The van der Waals surface area contributed by atoms with Gasteiger partial charge in [-0.25, -0.2) is 4.98 Å². The highest BCUT2D eigenvalue weighted by molar-refractivity contribution is 5.95. The molecule has 1 heterocycles. The van der Waals surface area contributed by atoms with Gasteiger partial charge in [-0.05, 0) is 36.8 Å². The predicted octanol–water partition coefficient (Wildman–Crippen LogP) is 2.25. The maximum absolute atomic E-state index is 12.3. The summed E-state index contributed by atoms with van der Waals surface area (Å²) in [6, 6.07) is 7.27. The number of aliphatic hydroxyl groups is 1. The Morgan fingerprint density at radius 3 is 2.87 bits per heavy atom. The van der Waals surface area contributed by atoms with Gasteiger partial charge in [0.15, 0.2) is 5.82 Å². The molecule has 0 saturated heterocycles. The summed E-state index contributed by atoms with van der Waals surface area (Å²) in [6.45, 7) is 5.01. The monoisotopic (exact) mass is 316 g/mol. The topological polar surface area (TPSA) is 90.9 Å². The van der Waals surface area contributed by atoms with Crippen molar-refractivity contribution in [1.82, 2.24) is 20.5 Å². The number of benzene rings is 1. The minimum absolute atomic E-state index is 0.113. The van der Waals surface area contributed by atoms with Gasteiger partial charge in [0.1, 0.15) is 6.33 Å². The van der Waals surface area contributed by atoms with E-state index in [1.165, 1.54) is 6.33 Å². The Labute approximate surface area is 136 Å². The van der Waals surface area contributed by atoms with E-state index in [-0.39, 0.29) is 12.5 Å². The second-order valence-electron chi connectivity index (χ2n) is 6.13. The first-order valence-electron chi connectivity index (χ1n) is 7.95. The number of amides is 1. The van der Waals surface area contributed by atoms with Crippen LogP contribution in [0.5, 0.6) is 0 Å². The van der Waals surface area contributed by atoms with Crippen LogP contribution >= 0.6 is 0 Å². The Morgan fingerprint density at radius 2 is 2.22 bits per heavy atom. The number of nitrogens with one attached hydrogen (secondary N) is 2. The maximum atomic E-state index is 12.3. The Kier molecular flexibility index (Phi) is 6.29. The van der Waals surface area contributed by atoms with Crippen LogP contribution in [0.2, 0.25) is 0 Å². The van der Waals surface area contributed by atoms with E-state index in [0.717, 1.165) is 12.0 Å². The molecule has 23 heavy (non-hydrogen) atoms. The summed E-state index contributed by atoms with van der Waals surface area (Å²) in [5.74, 6) is 1.36. The Hall–Kier alpha value is -2.21. The molecule has 6 heteroatoms. The number of nitrogens with zero attached hydrogens (tertiary/aromatic N) is 2. The lowest BCUT2D eigenvalue weighted by Crippen LogP contribution is -2.30. The minimum atomic E-state index is -0.113. The molecule has 0 saturated carbocycles. The lowest BCUT2D eigenvalue weighted by molar-refractivity contribution is 0.0941. The third-order valence-electron chi connectivity index (χ3n) is 3.71. The van der Waals surface area contributed by atoms with Gasteiger partial charge in [-0.15, -0.1) is 0 Å². The van der Waals surface area contributed by atoms with E-state index in [0.29, 0.717) is 36.2 Å². The van der Waals surface area contributed by atoms with Crippen molar-refractivity contribution < 1.29 is 9.90 Å². The molecule has 0 aliphatic heterocycles. The third-order valence-corrected chi connectivity index (χ3v) is 3.71. The summed E-state index contributed by atoms with van der Waals surface area (Å²) in [6.07, 6.45) is 3.13. The van der Waals surface area contributed by atoms with Crippen LogP contribution in [0.1, 0.15) is 37.0 Å². The molecule has 1 amide bonds. The zero-order valence-corrected chi connectivity index (χ0v) is 13.6. The number of carbonyl (C=O) groups is 1. The van der Waals surface area contributed by atoms with Crippen molar-refractivity contribution in [1.29, 1.82) is 0 Å². The molecule has 0 aliphatic rings. The molecule has 6 nitrogen and oxygen atoms in total. The lowest BCUT2D eigenvalue weighted by atomic mass is 9.94. The number of aliphatic hydroxyl groups excluding tert-OH is 1. The largest absolute Gasteiger partial charge is 0.396 e. The average Bonchev–Trinajstić information content (AvgIpc) is 3.06. The van der Waals surface area contributed by atoms with Gasteiger partial charge in [0.25, 0.3) is 5.91 Å². The van der Waals surface area contributed by atoms with Gasteiger partial charge >= 0.3 is 0 Å². The van der Waals surface area contributed by atoms with Crippen LogP contribution in [-0.2, 0) is 0 Å². The van der Waals surface area contributed by atoms with Crippen LogP contribution in [-0.4, -0.2) is 39.3 Å². The van der Waals surface area contributed by atoms with Crippen molar-refractivity contribution in [3.8, 4) is 11.4 Å². The highest BCUT2D eigenvalue weighted by atomic mass is 16.3. The van der Waals surface area contributed by atoms with E-state index < -0.39 is 0 Å². The molecule has 0 radical (unpaired) electrons. The van der Waals surface area contributed by atoms with E-state index in [2.05, 4.69) is 34.3 Å². The predicted molar refractivity (Wildman–Crippen MR) is 88.8 cm³/mol. The number of aromatic amines is 1. The molecule has 3 N–H and O–H groups in total. The molecule has 1 aromatic carbocycles. The van der Waals surface area contributed by atoms with Gasteiger partial charge in [0.2, 0.25) is 0 Å². The number of carbonyl (C=O) groups excluding carboxylic acids is 1. The SMILES string of the molecule is CC(C)CC(CCO)CNC(=O)c1cccc(-c2ncn[nH]2)c1. The second-order valence-corrected chi connectivity index (χ2v) is 6.13. The van der Waals surface area contributed by atoms with Crippen molar-refractivity contribution in [3.05, 3.63) is 36.2 Å². The number of hydrogen-bond donors (Lipinski definition) is 3. The summed E-state index contributed by atoms with van der Waals surface area (Å²) < 4.78 is 0. The molecular weight excluding hydrogens is 292 g/mol. The van der Waals surface area contributed by atoms with Crippen LogP contribution in [0.4, 0.5) is 0 Å². The van der Waals surface area contributed by atoms with Gasteiger partial charge in [0.05, 0.1) is 0 Å². The van der Waals surface area contributed by atoms with Crippen LogP contribution in [0, 0.1) is 11.8 Å². The van der Waals surface area contributed by atoms with Crippen LogP contribution < -0.4 is 5.32 Å². The van der Waals surface area contributed by atoms with Crippen molar-refractivity contribution in [2.24, 2.45) is 11.8 Å². The van der Waals surface area contributed by atoms with Crippen LogP contribution in [0.15, 0.2) is 30.6 Å². The zero-order valence-electron chi connectivity index (χ0n) is 13.6.